The van der Waals surface area contributed by atoms with Crippen LogP contribution in [-0.2, 0) is 0 Å². The van der Waals surface area contributed by atoms with E-state index < -0.39 is 0 Å². The zero-order chi connectivity index (χ0) is 14.7. The number of nitriles is 1. The van der Waals surface area contributed by atoms with Gasteiger partial charge in [-0.2, -0.15) is 5.26 Å². The van der Waals surface area contributed by atoms with Gasteiger partial charge in [0, 0.05) is 6.04 Å². The van der Waals surface area contributed by atoms with Crippen LogP contribution in [0.5, 0.6) is 5.75 Å². The summed E-state index contributed by atoms with van der Waals surface area (Å²) in [6.45, 7) is 0. The number of ether oxygens (including phenoxy) is 1. The van der Waals surface area contributed by atoms with Crippen LogP contribution in [0.3, 0.4) is 0 Å². The van der Waals surface area contributed by atoms with Crippen LogP contribution in [0.1, 0.15) is 56.9 Å². The van der Waals surface area contributed by atoms with Crippen molar-refractivity contribution in [1.82, 2.24) is 0 Å². The molecular weight excluding hydrogens is 260 g/mol. The molecule has 1 N–H and O–H groups in total. The van der Waals surface area contributed by atoms with Crippen molar-refractivity contribution in [3.05, 3.63) is 23.8 Å². The maximum Gasteiger partial charge on any atom is 0.143 e. The topological polar surface area (TPSA) is 45.0 Å². The second-order valence-electron chi connectivity index (χ2n) is 6.62. The van der Waals surface area contributed by atoms with Crippen LogP contribution < -0.4 is 10.1 Å². The Labute approximate surface area is 127 Å². The largest absolute Gasteiger partial charge is 0.495 e. The quantitative estimate of drug-likeness (QED) is 0.890. The molecule has 0 radical (unpaired) electrons. The number of hydrogen-bond donors (Lipinski definition) is 1. The van der Waals surface area contributed by atoms with Gasteiger partial charge in [0.15, 0.2) is 0 Å². The van der Waals surface area contributed by atoms with E-state index in [1.54, 1.807) is 7.11 Å². The van der Waals surface area contributed by atoms with Gasteiger partial charge in [0.05, 0.1) is 18.4 Å². The summed E-state index contributed by atoms with van der Waals surface area (Å²) in [5.74, 6) is 0.773. The number of anilines is 1. The number of hydrogen-bond acceptors (Lipinski definition) is 3. The summed E-state index contributed by atoms with van der Waals surface area (Å²) in [5, 5.41) is 12.9. The number of nitrogens with zero attached hydrogens (tertiary/aromatic N) is 1. The average molecular weight is 284 g/mol. The first-order valence-corrected chi connectivity index (χ1v) is 8.10. The van der Waals surface area contributed by atoms with Gasteiger partial charge in [-0.25, -0.2) is 0 Å². The Morgan fingerprint density at radius 3 is 2.52 bits per heavy atom. The summed E-state index contributed by atoms with van der Waals surface area (Å²) in [6.07, 6.45) is 10.8. The van der Waals surface area contributed by atoms with E-state index in [0.29, 0.717) is 17.0 Å². The normalized spacial score (nSPS) is 21.1. The smallest absolute Gasteiger partial charge is 0.143 e. The van der Waals surface area contributed by atoms with E-state index in [2.05, 4.69) is 11.4 Å². The summed E-state index contributed by atoms with van der Waals surface area (Å²) in [4.78, 5) is 0. The van der Waals surface area contributed by atoms with Gasteiger partial charge in [-0.05, 0) is 56.1 Å². The van der Waals surface area contributed by atoms with Crippen molar-refractivity contribution in [3.8, 4) is 11.8 Å². The van der Waals surface area contributed by atoms with Gasteiger partial charge < -0.3 is 10.1 Å². The van der Waals surface area contributed by atoms with Gasteiger partial charge in [-0.3, -0.25) is 0 Å². The lowest BCUT2D eigenvalue weighted by Crippen LogP contribution is -2.32. The second kappa shape index (κ2) is 5.97. The van der Waals surface area contributed by atoms with E-state index in [1.165, 1.54) is 51.4 Å². The van der Waals surface area contributed by atoms with Crippen LogP contribution in [0.25, 0.3) is 0 Å². The Morgan fingerprint density at radius 2 is 1.90 bits per heavy atom. The minimum Gasteiger partial charge on any atom is -0.495 e. The minimum absolute atomic E-state index is 0.472. The lowest BCUT2D eigenvalue weighted by atomic mass is 9.71. The van der Waals surface area contributed by atoms with Gasteiger partial charge in [0.2, 0.25) is 0 Å². The summed E-state index contributed by atoms with van der Waals surface area (Å²) in [7, 11) is 1.66. The van der Waals surface area contributed by atoms with Crippen molar-refractivity contribution < 1.29 is 4.74 Å². The zero-order valence-corrected chi connectivity index (χ0v) is 12.8. The fourth-order valence-electron chi connectivity index (χ4n) is 4.15. The first kappa shape index (κ1) is 14.3. The zero-order valence-electron chi connectivity index (χ0n) is 12.8. The Balaban J connectivity index is 1.69. The van der Waals surface area contributed by atoms with Crippen LogP contribution >= 0.6 is 0 Å². The molecule has 0 bridgehead atoms. The summed E-state index contributed by atoms with van der Waals surface area (Å²) in [6, 6.07) is 8.38. The van der Waals surface area contributed by atoms with E-state index in [1.807, 2.05) is 18.2 Å². The molecule has 0 amide bonds. The van der Waals surface area contributed by atoms with E-state index in [9.17, 15) is 5.26 Å². The van der Waals surface area contributed by atoms with E-state index in [0.717, 1.165) is 11.4 Å². The number of nitrogens with one attached hydrogen (secondary N) is 1. The third-order valence-corrected chi connectivity index (χ3v) is 5.43. The number of para-hydroxylation sites is 1. The minimum atomic E-state index is 0.472. The standard InChI is InChI=1S/C18H24N2O/c1-21-16-6-4-5-14(13-19)17(16)20-15-7-11-18(12-8-15)9-2-3-10-18/h4-6,15,20H,2-3,7-12H2,1H3. The molecule has 1 spiro atoms. The fourth-order valence-corrected chi connectivity index (χ4v) is 4.15. The molecule has 2 saturated carbocycles. The van der Waals surface area contributed by atoms with Gasteiger partial charge in [0.25, 0.3) is 0 Å². The Kier molecular flexibility index (Phi) is 4.05. The number of benzene rings is 1. The predicted molar refractivity (Wildman–Crippen MR) is 84.5 cm³/mol. The maximum atomic E-state index is 9.29. The van der Waals surface area contributed by atoms with Crippen LogP contribution in [-0.4, -0.2) is 13.2 Å². The molecule has 2 fully saturated rings. The van der Waals surface area contributed by atoms with Crippen molar-refractivity contribution in [1.29, 1.82) is 5.26 Å². The highest BCUT2D eigenvalue weighted by atomic mass is 16.5. The van der Waals surface area contributed by atoms with Crippen LogP contribution in [0.4, 0.5) is 5.69 Å². The molecule has 3 heteroatoms. The van der Waals surface area contributed by atoms with Gasteiger partial charge in [0.1, 0.15) is 11.8 Å². The number of methoxy groups -OCH3 is 1. The van der Waals surface area contributed by atoms with Crippen molar-refractivity contribution in [3.63, 3.8) is 0 Å². The lowest BCUT2D eigenvalue weighted by Gasteiger charge is -2.38. The molecule has 2 aliphatic carbocycles. The summed E-state index contributed by atoms with van der Waals surface area (Å²) >= 11 is 0. The fraction of sp³-hybridized carbons (Fsp3) is 0.611. The third kappa shape index (κ3) is 2.85. The molecule has 112 valence electrons. The van der Waals surface area contributed by atoms with Gasteiger partial charge in [-0.15, -0.1) is 0 Å². The molecule has 1 aromatic carbocycles. The molecule has 0 saturated heterocycles. The number of rotatable bonds is 3. The molecule has 0 unspecified atom stereocenters. The molecule has 0 aliphatic heterocycles. The Bertz CT molecular complexity index is 531. The first-order valence-electron chi connectivity index (χ1n) is 8.10. The van der Waals surface area contributed by atoms with Gasteiger partial charge in [-0.1, -0.05) is 18.9 Å². The summed E-state index contributed by atoms with van der Waals surface area (Å²) in [5.41, 5.74) is 2.20. The summed E-state index contributed by atoms with van der Waals surface area (Å²) < 4.78 is 5.41. The van der Waals surface area contributed by atoms with E-state index >= 15 is 0 Å². The molecule has 0 heterocycles. The van der Waals surface area contributed by atoms with Crippen LogP contribution in [0.2, 0.25) is 0 Å². The van der Waals surface area contributed by atoms with Crippen LogP contribution in [0, 0.1) is 16.7 Å². The highest BCUT2D eigenvalue weighted by Gasteiger charge is 2.37. The van der Waals surface area contributed by atoms with E-state index in [4.69, 9.17) is 4.74 Å². The van der Waals surface area contributed by atoms with Gasteiger partial charge >= 0.3 is 0 Å². The second-order valence-corrected chi connectivity index (χ2v) is 6.62. The highest BCUT2D eigenvalue weighted by Crippen LogP contribution is 2.49. The molecule has 3 nitrogen and oxygen atoms in total. The monoisotopic (exact) mass is 284 g/mol. The third-order valence-electron chi connectivity index (χ3n) is 5.43. The molecule has 3 rings (SSSR count). The molecule has 2 aliphatic rings. The van der Waals surface area contributed by atoms with Crippen molar-refractivity contribution in [2.75, 3.05) is 12.4 Å². The van der Waals surface area contributed by atoms with E-state index in [-0.39, 0.29) is 0 Å². The van der Waals surface area contributed by atoms with Crippen molar-refractivity contribution in [2.24, 2.45) is 5.41 Å². The Hall–Kier alpha value is -1.69. The first-order chi connectivity index (χ1) is 10.3. The van der Waals surface area contributed by atoms with Crippen molar-refractivity contribution in [2.45, 2.75) is 57.4 Å². The molecular formula is C18H24N2O. The molecule has 0 atom stereocenters. The SMILES string of the molecule is COc1cccc(C#N)c1NC1CCC2(CCCC2)CC1. The lowest BCUT2D eigenvalue weighted by molar-refractivity contribution is 0.188. The molecule has 1 aromatic rings. The van der Waals surface area contributed by atoms with Crippen LogP contribution in [0.15, 0.2) is 18.2 Å². The predicted octanol–water partition coefficient (Wildman–Crippen LogP) is 4.48. The highest BCUT2D eigenvalue weighted by molar-refractivity contribution is 5.66. The average Bonchev–Trinajstić information content (AvgIpc) is 2.98. The Morgan fingerprint density at radius 1 is 1.19 bits per heavy atom. The van der Waals surface area contributed by atoms with Crippen molar-refractivity contribution >= 4 is 5.69 Å². The maximum absolute atomic E-state index is 9.29. The molecule has 0 aromatic heterocycles. The molecule has 21 heavy (non-hydrogen) atoms.